The van der Waals surface area contributed by atoms with Gasteiger partial charge < -0.3 is 15.0 Å². The van der Waals surface area contributed by atoms with Crippen molar-refractivity contribution < 1.29 is 14.3 Å². The number of amides is 1. The first kappa shape index (κ1) is 12.7. The molecule has 1 aromatic carbocycles. The summed E-state index contributed by atoms with van der Waals surface area (Å²) in [5.41, 5.74) is 2.11. The molecule has 1 fully saturated rings. The van der Waals surface area contributed by atoms with Gasteiger partial charge in [0.25, 0.3) is 5.91 Å². The Morgan fingerprint density at radius 1 is 1.45 bits per heavy atom. The third-order valence-electron chi connectivity index (χ3n) is 3.78. The van der Waals surface area contributed by atoms with E-state index in [1.54, 1.807) is 6.07 Å². The van der Waals surface area contributed by atoms with Crippen LogP contribution < -0.4 is 5.32 Å². The second kappa shape index (κ2) is 5.00. The summed E-state index contributed by atoms with van der Waals surface area (Å²) < 4.78 is 4.70. The minimum Gasteiger partial charge on any atom is -0.466 e. The second-order valence-corrected chi connectivity index (χ2v) is 4.95. The van der Waals surface area contributed by atoms with E-state index in [9.17, 15) is 9.59 Å². The van der Waals surface area contributed by atoms with Crippen LogP contribution in [-0.2, 0) is 9.53 Å². The average Bonchev–Trinajstić information content (AvgIpc) is 2.92. The summed E-state index contributed by atoms with van der Waals surface area (Å²) in [6.45, 7) is 0.720. The van der Waals surface area contributed by atoms with E-state index in [4.69, 9.17) is 4.74 Å². The van der Waals surface area contributed by atoms with E-state index in [0.717, 1.165) is 30.8 Å². The Labute approximate surface area is 117 Å². The van der Waals surface area contributed by atoms with Crippen LogP contribution in [0.3, 0.4) is 0 Å². The maximum Gasteiger partial charge on any atom is 0.332 e. The van der Waals surface area contributed by atoms with Crippen molar-refractivity contribution >= 4 is 17.6 Å². The number of hydrogen-bond acceptors (Lipinski definition) is 4. The molecular formula is C15H16N2O3. The molecule has 0 aromatic heterocycles. The fourth-order valence-corrected chi connectivity index (χ4v) is 2.82. The van der Waals surface area contributed by atoms with Crippen LogP contribution in [0.5, 0.6) is 0 Å². The number of rotatable bonds is 1. The van der Waals surface area contributed by atoms with E-state index < -0.39 is 5.97 Å². The molecule has 1 atom stereocenters. The molecular weight excluding hydrogens is 256 g/mol. The van der Waals surface area contributed by atoms with Crippen molar-refractivity contribution in [3.05, 3.63) is 41.6 Å². The number of ether oxygens (including phenoxy) is 1. The van der Waals surface area contributed by atoms with Crippen molar-refractivity contribution in [2.75, 3.05) is 19.0 Å². The van der Waals surface area contributed by atoms with Crippen molar-refractivity contribution in [1.82, 2.24) is 4.90 Å². The number of para-hydroxylation sites is 1. The van der Waals surface area contributed by atoms with Gasteiger partial charge in [-0.25, -0.2) is 4.79 Å². The lowest BCUT2D eigenvalue weighted by atomic mass is 10.1. The van der Waals surface area contributed by atoms with E-state index in [2.05, 4.69) is 5.32 Å². The monoisotopic (exact) mass is 272 g/mol. The summed E-state index contributed by atoms with van der Waals surface area (Å²) in [6, 6.07) is 7.29. The van der Waals surface area contributed by atoms with E-state index in [1.165, 1.54) is 13.2 Å². The second-order valence-electron chi connectivity index (χ2n) is 4.95. The Kier molecular flexibility index (Phi) is 3.18. The Hall–Kier alpha value is -2.30. The number of carbonyl (C=O) groups is 2. The Morgan fingerprint density at radius 2 is 2.25 bits per heavy atom. The quantitative estimate of drug-likeness (QED) is 0.625. The molecule has 0 unspecified atom stereocenters. The van der Waals surface area contributed by atoms with Gasteiger partial charge in [0.2, 0.25) is 0 Å². The number of methoxy groups -OCH3 is 1. The van der Waals surface area contributed by atoms with Gasteiger partial charge in [0.1, 0.15) is 0 Å². The van der Waals surface area contributed by atoms with Crippen LogP contribution in [0.4, 0.5) is 5.69 Å². The number of carbonyl (C=O) groups excluding carboxylic acids is 2. The van der Waals surface area contributed by atoms with Gasteiger partial charge in [0.15, 0.2) is 0 Å². The first-order valence-electron chi connectivity index (χ1n) is 6.67. The lowest BCUT2D eigenvalue weighted by Gasteiger charge is -2.23. The molecule has 0 bridgehead atoms. The van der Waals surface area contributed by atoms with Crippen LogP contribution in [0.1, 0.15) is 23.2 Å². The molecule has 1 N–H and O–H groups in total. The Bertz CT molecular complexity index is 595. The number of hydrogen-bond donors (Lipinski definition) is 1. The number of esters is 1. The molecule has 0 aliphatic carbocycles. The normalized spacial score (nSPS) is 22.9. The van der Waals surface area contributed by atoms with Crippen LogP contribution in [0.15, 0.2) is 36.0 Å². The van der Waals surface area contributed by atoms with Gasteiger partial charge >= 0.3 is 5.97 Å². The average molecular weight is 272 g/mol. The van der Waals surface area contributed by atoms with Crippen LogP contribution in [0.25, 0.3) is 0 Å². The highest BCUT2D eigenvalue weighted by molar-refractivity contribution is 6.01. The summed E-state index contributed by atoms with van der Waals surface area (Å²) in [6.07, 6.45) is 3.24. The molecule has 5 heteroatoms. The van der Waals surface area contributed by atoms with Crippen molar-refractivity contribution in [1.29, 1.82) is 0 Å². The van der Waals surface area contributed by atoms with E-state index in [1.807, 2.05) is 23.1 Å². The fourth-order valence-electron chi connectivity index (χ4n) is 2.82. The van der Waals surface area contributed by atoms with Crippen LogP contribution in [0, 0.1) is 0 Å². The highest BCUT2D eigenvalue weighted by Crippen LogP contribution is 2.32. The van der Waals surface area contributed by atoms with Gasteiger partial charge in [-0.15, -0.1) is 0 Å². The first-order valence-corrected chi connectivity index (χ1v) is 6.67. The molecule has 0 spiro atoms. The van der Waals surface area contributed by atoms with Crippen LogP contribution >= 0.6 is 0 Å². The molecule has 2 heterocycles. The zero-order chi connectivity index (χ0) is 14.1. The third-order valence-corrected chi connectivity index (χ3v) is 3.78. The van der Waals surface area contributed by atoms with Crippen LogP contribution in [-0.4, -0.2) is 36.5 Å². The number of nitrogens with one attached hydrogen (secondary N) is 1. The Morgan fingerprint density at radius 3 is 3.05 bits per heavy atom. The highest BCUT2D eigenvalue weighted by atomic mass is 16.5. The van der Waals surface area contributed by atoms with Gasteiger partial charge in [-0.1, -0.05) is 12.1 Å². The van der Waals surface area contributed by atoms with Crippen molar-refractivity contribution in [3.8, 4) is 0 Å². The number of nitrogens with zero attached hydrogens (tertiary/aromatic N) is 1. The third kappa shape index (κ3) is 2.05. The van der Waals surface area contributed by atoms with E-state index in [0.29, 0.717) is 5.56 Å². The van der Waals surface area contributed by atoms with E-state index in [-0.39, 0.29) is 11.9 Å². The highest BCUT2D eigenvalue weighted by Gasteiger charge is 2.36. The van der Waals surface area contributed by atoms with Crippen LogP contribution in [0.2, 0.25) is 0 Å². The van der Waals surface area contributed by atoms with Gasteiger partial charge in [-0.3, -0.25) is 4.79 Å². The van der Waals surface area contributed by atoms with E-state index >= 15 is 0 Å². The number of fused-ring (bicyclic) bond motifs is 2. The summed E-state index contributed by atoms with van der Waals surface area (Å²) in [5, 5.41) is 3.22. The molecule has 2 aliphatic heterocycles. The smallest absolute Gasteiger partial charge is 0.332 e. The predicted molar refractivity (Wildman–Crippen MR) is 74.2 cm³/mol. The largest absolute Gasteiger partial charge is 0.466 e. The summed E-state index contributed by atoms with van der Waals surface area (Å²) in [4.78, 5) is 25.9. The molecule has 0 saturated carbocycles. The Balaban J connectivity index is 2.07. The van der Waals surface area contributed by atoms with Gasteiger partial charge in [0.05, 0.1) is 24.4 Å². The lowest BCUT2D eigenvalue weighted by Crippen LogP contribution is -2.36. The molecule has 2 aliphatic rings. The maximum absolute atomic E-state index is 12.6. The minimum atomic E-state index is -0.411. The van der Waals surface area contributed by atoms with Gasteiger partial charge in [-0.2, -0.15) is 0 Å². The molecule has 1 saturated heterocycles. The molecule has 0 radical (unpaired) electrons. The van der Waals surface area contributed by atoms with Gasteiger partial charge in [-0.05, 0) is 25.0 Å². The molecule has 1 aromatic rings. The molecule has 20 heavy (non-hydrogen) atoms. The summed E-state index contributed by atoms with van der Waals surface area (Å²) in [7, 11) is 1.35. The number of anilines is 1. The van der Waals surface area contributed by atoms with Crippen molar-refractivity contribution in [2.24, 2.45) is 0 Å². The molecule has 3 rings (SSSR count). The fraction of sp³-hybridized carbons (Fsp3) is 0.333. The van der Waals surface area contributed by atoms with Gasteiger partial charge in [0, 0.05) is 18.3 Å². The molecule has 1 amide bonds. The zero-order valence-corrected chi connectivity index (χ0v) is 11.3. The summed E-state index contributed by atoms with van der Waals surface area (Å²) in [5.74, 6) is -0.393. The SMILES string of the molecule is COC(=O)/C=C1\Nc2ccccc2C(=O)N2CCC[C@@H]12. The zero-order valence-electron chi connectivity index (χ0n) is 11.3. The molecule has 104 valence electrons. The van der Waals surface area contributed by atoms with Crippen molar-refractivity contribution in [3.63, 3.8) is 0 Å². The predicted octanol–water partition coefficient (Wildman–Crippen LogP) is 1.77. The minimum absolute atomic E-state index is 0.0175. The lowest BCUT2D eigenvalue weighted by molar-refractivity contribution is -0.134. The number of benzene rings is 1. The maximum atomic E-state index is 12.6. The summed E-state index contributed by atoms with van der Waals surface area (Å²) >= 11 is 0. The first-order chi connectivity index (χ1) is 9.70. The standard InChI is InChI=1S/C15H16N2O3/c1-20-14(18)9-12-13-7-4-8-17(13)15(19)10-5-2-3-6-11(10)16-12/h2-3,5-6,9,13,16H,4,7-8H2,1H3/b12-9-/t13-/m0/s1. The topological polar surface area (TPSA) is 58.6 Å². The molecule has 5 nitrogen and oxygen atoms in total. The van der Waals surface area contributed by atoms with Crippen molar-refractivity contribution in [2.45, 2.75) is 18.9 Å².